The van der Waals surface area contributed by atoms with E-state index in [0.29, 0.717) is 22.9 Å². The van der Waals surface area contributed by atoms with Crippen LogP contribution in [0.3, 0.4) is 0 Å². The van der Waals surface area contributed by atoms with E-state index in [-0.39, 0.29) is 16.8 Å². The Balaban J connectivity index is 1.92. The SMILES string of the molecule is C[C@@H](NC(=O)CCc1ccc(Cl)c(Cl)c1)c1ccc(S(C)(=O)=O)cc1. The molecule has 0 aliphatic rings. The Morgan fingerprint density at radius 1 is 1.08 bits per heavy atom. The van der Waals surface area contributed by atoms with Crippen molar-refractivity contribution in [1.82, 2.24) is 5.32 Å². The molecule has 25 heavy (non-hydrogen) atoms. The maximum absolute atomic E-state index is 12.1. The minimum atomic E-state index is -3.22. The summed E-state index contributed by atoms with van der Waals surface area (Å²) in [5.74, 6) is -0.0919. The van der Waals surface area contributed by atoms with Gasteiger partial charge in [-0.15, -0.1) is 0 Å². The largest absolute Gasteiger partial charge is 0.350 e. The summed E-state index contributed by atoms with van der Waals surface area (Å²) in [6.45, 7) is 1.85. The maximum Gasteiger partial charge on any atom is 0.220 e. The normalized spacial score (nSPS) is 12.6. The highest BCUT2D eigenvalue weighted by atomic mass is 35.5. The van der Waals surface area contributed by atoms with Crippen molar-refractivity contribution in [3.05, 3.63) is 63.6 Å². The smallest absolute Gasteiger partial charge is 0.220 e. The first-order chi connectivity index (χ1) is 11.7. The van der Waals surface area contributed by atoms with Crippen LogP contribution in [0, 0.1) is 0 Å². The molecule has 0 fully saturated rings. The molecule has 1 amide bonds. The quantitative estimate of drug-likeness (QED) is 0.790. The number of hydrogen-bond donors (Lipinski definition) is 1. The van der Waals surface area contributed by atoms with Crippen LogP contribution in [0.1, 0.15) is 30.5 Å². The minimum Gasteiger partial charge on any atom is -0.350 e. The number of carbonyl (C=O) groups is 1. The van der Waals surface area contributed by atoms with Crippen LogP contribution in [0.4, 0.5) is 0 Å². The first-order valence-corrected chi connectivity index (χ1v) is 10.3. The first-order valence-electron chi connectivity index (χ1n) is 7.70. The van der Waals surface area contributed by atoms with Crippen molar-refractivity contribution in [2.24, 2.45) is 0 Å². The summed E-state index contributed by atoms with van der Waals surface area (Å²) in [4.78, 5) is 12.4. The molecule has 0 heterocycles. The van der Waals surface area contributed by atoms with Crippen LogP contribution in [0.25, 0.3) is 0 Å². The van der Waals surface area contributed by atoms with Crippen molar-refractivity contribution in [2.75, 3.05) is 6.26 Å². The van der Waals surface area contributed by atoms with Crippen molar-refractivity contribution in [2.45, 2.75) is 30.7 Å². The van der Waals surface area contributed by atoms with Gasteiger partial charge in [-0.3, -0.25) is 4.79 Å². The van der Waals surface area contributed by atoms with Crippen LogP contribution in [0.2, 0.25) is 10.0 Å². The lowest BCUT2D eigenvalue weighted by atomic mass is 10.1. The maximum atomic E-state index is 12.1. The fourth-order valence-corrected chi connectivity index (χ4v) is 3.30. The molecule has 0 radical (unpaired) electrons. The zero-order valence-electron chi connectivity index (χ0n) is 13.9. The fraction of sp³-hybridized carbons (Fsp3) is 0.278. The third-order valence-electron chi connectivity index (χ3n) is 3.81. The van der Waals surface area contributed by atoms with E-state index in [1.54, 1.807) is 36.4 Å². The Morgan fingerprint density at radius 3 is 2.28 bits per heavy atom. The van der Waals surface area contributed by atoms with E-state index in [9.17, 15) is 13.2 Å². The number of sulfone groups is 1. The highest BCUT2D eigenvalue weighted by molar-refractivity contribution is 7.90. The summed E-state index contributed by atoms with van der Waals surface area (Å²) < 4.78 is 22.9. The number of nitrogens with one attached hydrogen (secondary N) is 1. The van der Waals surface area contributed by atoms with Gasteiger partial charge in [0, 0.05) is 12.7 Å². The molecule has 0 saturated carbocycles. The average Bonchev–Trinajstić information content (AvgIpc) is 2.55. The average molecular weight is 400 g/mol. The standard InChI is InChI=1S/C18H19Cl2NO3S/c1-12(14-5-7-15(8-6-14)25(2,23)24)21-18(22)10-4-13-3-9-16(19)17(20)11-13/h3,5-9,11-12H,4,10H2,1-2H3,(H,21,22)/t12-/m1/s1. The van der Waals surface area contributed by atoms with Gasteiger partial charge in [0.15, 0.2) is 9.84 Å². The van der Waals surface area contributed by atoms with E-state index in [1.807, 2.05) is 13.0 Å². The predicted molar refractivity (Wildman–Crippen MR) is 101 cm³/mol. The second-order valence-corrected chi connectivity index (χ2v) is 8.71. The molecule has 1 atom stereocenters. The topological polar surface area (TPSA) is 63.2 Å². The van der Waals surface area contributed by atoms with E-state index < -0.39 is 9.84 Å². The van der Waals surface area contributed by atoms with Gasteiger partial charge in [0.25, 0.3) is 0 Å². The molecule has 2 aromatic carbocycles. The summed E-state index contributed by atoms with van der Waals surface area (Å²) >= 11 is 11.8. The Morgan fingerprint density at radius 2 is 1.72 bits per heavy atom. The summed E-state index contributed by atoms with van der Waals surface area (Å²) in [7, 11) is -3.22. The monoisotopic (exact) mass is 399 g/mol. The van der Waals surface area contributed by atoms with Gasteiger partial charge in [0.05, 0.1) is 21.0 Å². The van der Waals surface area contributed by atoms with Gasteiger partial charge in [-0.25, -0.2) is 8.42 Å². The summed E-state index contributed by atoms with van der Waals surface area (Å²) in [6, 6.07) is 11.6. The first kappa shape index (κ1) is 19.8. The van der Waals surface area contributed by atoms with Gasteiger partial charge in [-0.1, -0.05) is 41.4 Å². The summed E-state index contributed by atoms with van der Waals surface area (Å²) in [6.07, 6.45) is 2.04. The van der Waals surface area contributed by atoms with Crippen molar-refractivity contribution < 1.29 is 13.2 Å². The molecule has 0 aliphatic carbocycles. The van der Waals surface area contributed by atoms with Crippen LogP contribution in [0.5, 0.6) is 0 Å². The molecule has 0 spiro atoms. The number of benzene rings is 2. The molecule has 1 N–H and O–H groups in total. The molecular weight excluding hydrogens is 381 g/mol. The minimum absolute atomic E-state index is 0.0919. The zero-order valence-corrected chi connectivity index (χ0v) is 16.3. The number of halogens is 2. The van der Waals surface area contributed by atoms with Gasteiger partial charge in [0.1, 0.15) is 0 Å². The Kier molecular flexibility index (Phi) is 6.49. The molecule has 2 aromatic rings. The van der Waals surface area contributed by atoms with E-state index in [0.717, 1.165) is 17.4 Å². The van der Waals surface area contributed by atoms with Gasteiger partial charge in [-0.2, -0.15) is 0 Å². The van der Waals surface area contributed by atoms with Gasteiger partial charge < -0.3 is 5.32 Å². The number of rotatable bonds is 6. The molecule has 4 nitrogen and oxygen atoms in total. The fourth-order valence-electron chi connectivity index (χ4n) is 2.35. The number of carbonyl (C=O) groups excluding carboxylic acids is 1. The van der Waals surface area contributed by atoms with Gasteiger partial charge >= 0.3 is 0 Å². The summed E-state index contributed by atoms with van der Waals surface area (Å²) in [5.41, 5.74) is 1.78. The lowest BCUT2D eigenvalue weighted by Crippen LogP contribution is -2.26. The predicted octanol–water partition coefficient (Wildman–Crippen LogP) is 4.21. The van der Waals surface area contributed by atoms with Crippen LogP contribution >= 0.6 is 23.2 Å². The Labute approximate surface area is 158 Å². The Bertz CT molecular complexity index is 864. The van der Waals surface area contributed by atoms with E-state index in [1.165, 1.54) is 0 Å². The highest BCUT2D eigenvalue weighted by Gasteiger charge is 2.12. The van der Waals surface area contributed by atoms with E-state index >= 15 is 0 Å². The van der Waals surface area contributed by atoms with Crippen LogP contribution in [0.15, 0.2) is 47.4 Å². The molecule has 0 aromatic heterocycles. The third kappa shape index (κ3) is 5.73. The zero-order chi connectivity index (χ0) is 18.6. The molecule has 134 valence electrons. The van der Waals surface area contributed by atoms with Gasteiger partial charge in [-0.05, 0) is 48.7 Å². The molecule has 0 unspecified atom stereocenters. The van der Waals surface area contributed by atoms with Crippen molar-refractivity contribution >= 4 is 38.9 Å². The van der Waals surface area contributed by atoms with Crippen LogP contribution in [-0.4, -0.2) is 20.6 Å². The molecule has 7 heteroatoms. The molecule has 0 saturated heterocycles. The molecule has 0 bridgehead atoms. The number of hydrogen-bond acceptors (Lipinski definition) is 3. The van der Waals surface area contributed by atoms with E-state index in [2.05, 4.69) is 5.32 Å². The summed E-state index contributed by atoms with van der Waals surface area (Å²) in [5, 5.41) is 3.86. The highest BCUT2D eigenvalue weighted by Crippen LogP contribution is 2.23. The lowest BCUT2D eigenvalue weighted by molar-refractivity contribution is -0.121. The van der Waals surface area contributed by atoms with Crippen LogP contribution < -0.4 is 5.32 Å². The third-order valence-corrected chi connectivity index (χ3v) is 5.68. The molecule has 2 rings (SSSR count). The van der Waals surface area contributed by atoms with Crippen molar-refractivity contribution in [3.8, 4) is 0 Å². The number of aryl methyl sites for hydroxylation is 1. The van der Waals surface area contributed by atoms with E-state index in [4.69, 9.17) is 23.2 Å². The Hall–Kier alpha value is -1.56. The second-order valence-electron chi connectivity index (χ2n) is 5.88. The van der Waals surface area contributed by atoms with Crippen LogP contribution in [-0.2, 0) is 21.1 Å². The van der Waals surface area contributed by atoms with Crippen molar-refractivity contribution in [3.63, 3.8) is 0 Å². The van der Waals surface area contributed by atoms with Gasteiger partial charge in [0.2, 0.25) is 5.91 Å². The van der Waals surface area contributed by atoms with Crippen molar-refractivity contribution in [1.29, 1.82) is 0 Å². The molecule has 0 aliphatic heterocycles. The second kappa shape index (κ2) is 8.21. The lowest BCUT2D eigenvalue weighted by Gasteiger charge is -2.15. The number of amides is 1. The molecular formula is C18H19Cl2NO3S.